The highest BCUT2D eigenvalue weighted by molar-refractivity contribution is 7.18. The Morgan fingerprint density at radius 2 is 2.22 bits per heavy atom. The molecule has 0 bridgehead atoms. The standard InChI is InChI=1S/C13H19N3OS/c1-8(17)4-5-16(3)12-7-11-13(6-10(12)14)18-9(2)15-11/h6-8,17H,4-5,14H2,1-3H3. The van der Waals surface area contributed by atoms with E-state index in [1.165, 1.54) is 0 Å². The molecule has 5 heteroatoms. The number of aromatic nitrogens is 1. The molecule has 1 unspecified atom stereocenters. The lowest BCUT2D eigenvalue weighted by Crippen LogP contribution is -2.22. The fourth-order valence-corrected chi connectivity index (χ4v) is 2.78. The molecule has 0 aliphatic heterocycles. The van der Waals surface area contributed by atoms with Crippen LogP contribution in [0.2, 0.25) is 0 Å². The lowest BCUT2D eigenvalue weighted by molar-refractivity contribution is 0.187. The molecule has 1 aromatic heterocycles. The van der Waals surface area contributed by atoms with Gasteiger partial charge in [0, 0.05) is 13.6 Å². The van der Waals surface area contributed by atoms with Crippen molar-refractivity contribution in [3.05, 3.63) is 17.1 Å². The summed E-state index contributed by atoms with van der Waals surface area (Å²) in [6.07, 6.45) is 0.434. The predicted octanol–water partition coefficient (Wildman–Crippen LogP) is 2.39. The highest BCUT2D eigenvalue weighted by atomic mass is 32.1. The van der Waals surface area contributed by atoms with E-state index in [0.29, 0.717) is 0 Å². The highest BCUT2D eigenvalue weighted by Gasteiger charge is 2.10. The molecule has 0 saturated carbocycles. The smallest absolute Gasteiger partial charge is 0.0907 e. The van der Waals surface area contributed by atoms with Crippen LogP contribution in [-0.2, 0) is 0 Å². The number of nitrogen functional groups attached to an aromatic ring is 1. The van der Waals surface area contributed by atoms with Crippen LogP contribution in [0, 0.1) is 6.92 Å². The van der Waals surface area contributed by atoms with E-state index in [-0.39, 0.29) is 6.10 Å². The second-order valence-corrected chi connectivity index (χ2v) is 5.91. The molecule has 0 amide bonds. The number of rotatable bonds is 4. The number of aryl methyl sites for hydroxylation is 1. The van der Waals surface area contributed by atoms with E-state index in [1.54, 1.807) is 18.3 Å². The Labute approximate surface area is 111 Å². The Bertz CT molecular complexity index is 550. The molecule has 0 spiro atoms. The van der Waals surface area contributed by atoms with E-state index in [2.05, 4.69) is 9.88 Å². The van der Waals surface area contributed by atoms with Crippen LogP contribution < -0.4 is 10.6 Å². The number of fused-ring (bicyclic) bond motifs is 1. The molecular weight excluding hydrogens is 246 g/mol. The molecule has 2 aromatic rings. The first-order valence-corrected chi connectivity index (χ1v) is 6.85. The van der Waals surface area contributed by atoms with E-state index in [0.717, 1.165) is 39.6 Å². The van der Waals surface area contributed by atoms with Gasteiger partial charge in [0.25, 0.3) is 0 Å². The number of nitrogens with two attached hydrogens (primary N) is 1. The molecule has 3 N–H and O–H groups in total. The van der Waals surface area contributed by atoms with Gasteiger partial charge < -0.3 is 15.7 Å². The Kier molecular flexibility index (Phi) is 3.73. The average molecular weight is 265 g/mol. The lowest BCUT2D eigenvalue weighted by atomic mass is 10.2. The molecule has 0 fully saturated rings. The summed E-state index contributed by atoms with van der Waals surface area (Å²) < 4.78 is 1.12. The Hall–Kier alpha value is -1.33. The van der Waals surface area contributed by atoms with Crippen LogP contribution in [0.15, 0.2) is 12.1 Å². The molecule has 1 atom stereocenters. The number of hydrogen-bond donors (Lipinski definition) is 2. The molecule has 98 valence electrons. The summed E-state index contributed by atoms with van der Waals surface area (Å²) in [4.78, 5) is 6.55. The van der Waals surface area contributed by atoms with Crippen LogP contribution in [0.4, 0.5) is 11.4 Å². The van der Waals surface area contributed by atoms with Crippen molar-refractivity contribution in [2.45, 2.75) is 26.4 Å². The van der Waals surface area contributed by atoms with Crippen molar-refractivity contribution >= 4 is 32.9 Å². The lowest BCUT2D eigenvalue weighted by Gasteiger charge is -2.21. The van der Waals surface area contributed by atoms with Crippen LogP contribution in [0.5, 0.6) is 0 Å². The minimum Gasteiger partial charge on any atom is -0.397 e. The van der Waals surface area contributed by atoms with Crippen LogP contribution in [-0.4, -0.2) is 29.8 Å². The number of aliphatic hydroxyl groups is 1. The molecule has 0 aliphatic rings. The number of hydrogen-bond acceptors (Lipinski definition) is 5. The first kappa shape index (κ1) is 13.1. The minimum absolute atomic E-state index is 0.293. The first-order chi connectivity index (χ1) is 8.47. The van der Waals surface area contributed by atoms with Crippen LogP contribution in [0.25, 0.3) is 10.2 Å². The maximum atomic E-state index is 9.32. The Morgan fingerprint density at radius 3 is 2.89 bits per heavy atom. The number of aliphatic hydroxyl groups excluding tert-OH is 1. The fraction of sp³-hybridized carbons (Fsp3) is 0.462. The second-order valence-electron chi connectivity index (χ2n) is 4.67. The maximum Gasteiger partial charge on any atom is 0.0907 e. The number of anilines is 2. The van der Waals surface area contributed by atoms with Gasteiger partial charge in [-0.3, -0.25) is 0 Å². The van der Waals surface area contributed by atoms with E-state index >= 15 is 0 Å². The molecule has 4 nitrogen and oxygen atoms in total. The van der Waals surface area contributed by atoms with Crippen molar-refractivity contribution in [3.63, 3.8) is 0 Å². The van der Waals surface area contributed by atoms with Gasteiger partial charge in [-0.25, -0.2) is 4.98 Å². The van der Waals surface area contributed by atoms with Gasteiger partial charge >= 0.3 is 0 Å². The van der Waals surface area contributed by atoms with Crippen molar-refractivity contribution < 1.29 is 5.11 Å². The molecule has 1 heterocycles. The predicted molar refractivity (Wildman–Crippen MR) is 78.3 cm³/mol. The fourth-order valence-electron chi connectivity index (χ4n) is 1.93. The number of nitrogens with zero attached hydrogens (tertiary/aromatic N) is 2. The SMILES string of the molecule is Cc1nc2cc(N(C)CCC(C)O)c(N)cc2s1. The van der Waals surface area contributed by atoms with Gasteiger partial charge in [0.2, 0.25) is 0 Å². The summed E-state index contributed by atoms with van der Waals surface area (Å²) in [5.74, 6) is 0. The molecular formula is C13H19N3OS. The summed E-state index contributed by atoms with van der Waals surface area (Å²) in [5.41, 5.74) is 8.81. The van der Waals surface area contributed by atoms with Gasteiger partial charge in [0.1, 0.15) is 0 Å². The van der Waals surface area contributed by atoms with Crippen molar-refractivity contribution in [1.29, 1.82) is 0 Å². The Balaban J connectivity index is 2.28. The van der Waals surface area contributed by atoms with Gasteiger partial charge in [-0.1, -0.05) is 0 Å². The van der Waals surface area contributed by atoms with E-state index < -0.39 is 0 Å². The van der Waals surface area contributed by atoms with E-state index in [4.69, 9.17) is 5.73 Å². The van der Waals surface area contributed by atoms with Crippen LogP contribution >= 0.6 is 11.3 Å². The van der Waals surface area contributed by atoms with Gasteiger partial charge in [-0.2, -0.15) is 0 Å². The molecule has 18 heavy (non-hydrogen) atoms. The van der Waals surface area contributed by atoms with Crippen molar-refractivity contribution in [3.8, 4) is 0 Å². The third kappa shape index (κ3) is 2.73. The van der Waals surface area contributed by atoms with Gasteiger partial charge in [-0.15, -0.1) is 11.3 Å². The molecule has 0 radical (unpaired) electrons. The van der Waals surface area contributed by atoms with Crippen molar-refractivity contribution in [2.75, 3.05) is 24.2 Å². The zero-order valence-corrected chi connectivity index (χ0v) is 11.8. The summed E-state index contributed by atoms with van der Waals surface area (Å²) in [5, 5.41) is 10.4. The molecule has 0 aliphatic carbocycles. The van der Waals surface area contributed by atoms with Crippen molar-refractivity contribution in [2.24, 2.45) is 0 Å². The largest absolute Gasteiger partial charge is 0.397 e. The van der Waals surface area contributed by atoms with Gasteiger partial charge in [0.05, 0.1) is 32.7 Å². The zero-order chi connectivity index (χ0) is 13.3. The maximum absolute atomic E-state index is 9.32. The monoisotopic (exact) mass is 265 g/mol. The number of thiazole rings is 1. The van der Waals surface area contributed by atoms with Crippen LogP contribution in [0.1, 0.15) is 18.4 Å². The summed E-state index contributed by atoms with van der Waals surface area (Å²) >= 11 is 1.66. The highest BCUT2D eigenvalue weighted by Crippen LogP contribution is 2.31. The van der Waals surface area contributed by atoms with Gasteiger partial charge in [0.15, 0.2) is 0 Å². The summed E-state index contributed by atoms with van der Waals surface area (Å²) in [6, 6.07) is 4.00. The molecule has 0 saturated heterocycles. The second kappa shape index (κ2) is 5.12. The topological polar surface area (TPSA) is 62.4 Å². The summed E-state index contributed by atoms with van der Waals surface area (Å²) in [7, 11) is 1.99. The van der Waals surface area contributed by atoms with Crippen molar-refractivity contribution in [1.82, 2.24) is 4.98 Å². The third-order valence-electron chi connectivity index (χ3n) is 2.94. The quantitative estimate of drug-likeness (QED) is 0.833. The zero-order valence-electron chi connectivity index (χ0n) is 11.0. The molecule has 1 aromatic carbocycles. The third-order valence-corrected chi connectivity index (χ3v) is 3.87. The number of benzene rings is 1. The first-order valence-electron chi connectivity index (χ1n) is 6.03. The average Bonchev–Trinajstić information content (AvgIpc) is 2.64. The Morgan fingerprint density at radius 1 is 1.50 bits per heavy atom. The van der Waals surface area contributed by atoms with Crippen LogP contribution in [0.3, 0.4) is 0 Å². The van der Waals surface area contributed by atoms with E-state index in [1.807, 2.05) is 26.1 Å². The summed E-state index contributed by atoms with van der Waals surface area (Å²) in [6.45, 7) is 4.57. The normalized spacial score (nSPS) is 12.9. The van der Waals surface area contributed by atoms with Gasteiger partial charge in [-0.05, 0) is 32.4 Å². The molecule has 2 rings (SSSR count). The van der Waals surface area contributed by atoms with E-state index in [9.17, 15) is 5.11 Å². The minimum atomic E-state index is -0.293.